The highest BCUT2D eigenvalue weighted by atomic mass is 16.1. The zero-order valence-corrected chi connectivity index (χ0v) is 10.4. The molecule has 92 valence electrons. The number of carbonyl (C=O) groups is 1. The first kappa shape index (κ1) is 11.9. The van der Waals surface area contributed by atoms with Crippen molar-refractivity contribution < 1.29 is 4.79 Å². The van der Waals surface area contributed by atoms with Crippen LogP contribution in [0, 0.1) is 5.92 Å². The maximum Gasteiger partial charge on any atom is 0.270 e. The molecule has 1 amide bonds. The van der Waals surface area contributed by atoms with E-state index in [0.29, 0.717) is 11.7 Å². The molecule has 2 N–H and O–H groups in total. The van der Waals surface area contributed by atoms with Gasteiger partial charge in [0.1, 0.15) is 11.5 Å². The molecule has 1 aromatic heterocycles. The summed E-state index contributed by atoms with van der Waals surface area (Å²) in [6, 6.07) is 5.80. The Balaban J connectivity index is 1.96. The number of rotatable bonds is 4. The molecule has 1 aliphatic carbocycles. The molecule has 0 aliphatic heterocycles. The Labute approximate surface area is 102 Å². The van der Waals surface area contributed by atoms with Crippen LogP contribution in [0.15, 0.2) is 18.2 Å². The summed E-state index contributed by atoms with van der Waals surface area (Å²) in [5, 5.41) is 6.10. The lowest BCUT2D eigenvalue weighted by atomic mass is 9.82. The highest BCUT2D eigenvalue weighted by Crippen LogP contribution is 2.26. The van der Waals surface area contributed by atoms with E-state index in [1.165, 1.54) is 0 Å². The third kappa shape index (κ3) is 2.96. The van der Waals surface area contributed by atoms with E-state index in [2.05, 4.69) is 22.5 Å². The van der Waals surface area contributed by atoms with Crippen molar-refractivity contribution in [2.45, 2.75) is 32.7 Å². The number of aromatic nitrogens is 1. The summed E-state index contributed by atoms with van der Waals surface area (Å²) in [6.45, 7) is 5.01. The Morgan fingerprint density at radius 2 is 2.24 bits per heavy atom. The number of pyridine rings is 1. The number of anilines is 1. The summed E-state index contributed by atoms with van der Waals surface area (Å²) >= 11 is 0. The highest BCUT2D eigenvalue weighted by molar-refractivity contribution is 5.92. The lowest BCUT2D eigenvalue weighted by Gasteiger charge is -2.33. The molecule has 17 heavy (non-hydrogen) atoms. The molecule has 0 aromatic carbocycles. The molecule has 4 heteroatoms. The van der Waals surface area contributed by atoms with Gasteiger partial charge in [0, 0.05) is 12.6 Å². The molecule has 0 atom stereocenters. The van der Waals surface area contributed by atoms with Crippen LogP contribution in [-0.2, 0) is 0 Å². The quantitative estimate of drug-likeness (QED) is 0.836. The van der Waals surface area contributed by atoms with Crippen LogP contribution in [0.25, 0.3) is 0 Å². The Morgan fingerprint density at radius 3 is 2.88 bits per heavy atom. The lowest BCUT2D eigenvalue weighted by Crippen LogP contribution is -2.43. The predicted octanol–water partition coefficient (Wildman–Crippen LogP) is 2.04. The molecular formula is C13H19N3O. The molecule has 2 rings (SSSR count). The average molecular weight is 233 g/mol. The molecule has 1 aromatic rings. The van der Waals surface area contributed by atoms with Gasteiger partial charge < -0.3 is 10.6 Å². The van der Waals surface area contributed by atoms with Crippen LogP contribution >= 0.6 is 0 Å². The molecule has 0 saturated heterocycles. The zero-order valence-electron chi connectivity index (χ0n) is 10.4. The van der Waals surface area contributed by atoms with Gasteiger partial charge in [-0.1, -0.05) is 13.0 Å². The Kier molecular flexibility index (Phi) is 3.61. The topological polar surface area (TPSA) is 54.0 Å². The number of carbonyl (C=O) groups excluding carboxylic acids is 1. The van der Waals surface area contributed by atoms with E-state index in [4.69, 9.17) is 0 Å². The van der Waals surface area contributed by atoms with E-state index < -0.39 is 0 Å². The monoisotopic (exact) mass is 233 g/mol. The van der Waals surface area contributed by atoms with E-state index in [-0.39, 0.29) is 5.91 Å². The van der Waals surface area contributed by atoms with Gasteiger partial charge in [-0.15, -0.1) is 0 Å². The molecule has 1 aliphatic rings. The minimum atomic E-state index is -0.0679. The van der Waals surface area contributed by atoms with Crippen molar-refractivity contribution in [3.05, 3.63) is 23.9 Å². The lowest BCUT2D eigenvalue weighted by molar-refractivity contribution is 0.0891. The summed E-state index contributed by atoms with van der Waals surface area (Å²) in [5.74, 6) is 1.42. The van der Waals surface area contributed by atoms with E-state index in [0.717, 1.165) is 31.1 Å². The standard InChI is InChI=1S/C13H19N3O/c1-3-14-12-6-4-5-11(16-12)13(17)15-10-7-9(2)8-10/h4-6,9-10H,3,7-8H2,1-2H3,(H,14,16)(H,15,17). The van der Waals surface area contributed by atoms with Crippen molar-refractivity contribution in [1.82, 2.24) is 10.3 Å². The largest absolute Gasteiger partial charge is 0.370 e. The van der Waals surface area contributed by atoms with Crippen LogP contribution in [-0.4, -0.2) is 23.5 Å². The van der Waals surface area contributed by atoms with Gasteiger partial charge in [-0.2, -0.15) is 0 Å². The normalized spacial score (nSPS) is 22.7. The van der Waals surface area contributed by atoms with Gasteiger partial charge in [0.05, 0.1) is 0 Å². The first-order valence-electron chi connectivity index (χ1n) is 6.21. The summed E-state index contributed by atoms with van der Waals surface area (Å²) in [5.41, 5.74) is 0.489. The Morgan fingerprint density at radius 1 is 1.47 bits per heavy atom. The minimum absolute atomic E-state index is 0.0679. The fraction of sp³-hybridized carbons (Fsp3) is 0.538. The van der Waals surface area contributed by atoms with Crippen LogP contribution in [0.1, 0.15) is 37.2 Å². The molecule has 1 heterocycles. The average Bonchev–Trinajstić information content (AvgIpc) is 2.28. The van der Waals surface area contributed by atoms with Crippen LogP contribution in [0.2, 0.25) is 0 Å². The van der Waals surface area contributed by atoms with Gasteiger partial charge in [-0.05, 0) is 37.8 Å². The number of amides is 1. The third-order valence-electron chi connectivity index (χ3n) is 3.05. The molecule has 1 saturated carbocycles. The molecule has 1 fully saturated rings. The molecule has 0 unspecified atom stereocenters. The predicted molar refractivity (Wildman–Crippen MR) is 68.1 cm³/mol. The SMILES string of the molecule is CCNc1cccc(C(=O)NC2CC(C)C2)n1. The van der Waals surface area contributed by atoms with Crippen molar-refractivity contribution >= 4 is 11.7 Å². The van der Waals surface area contributed by atoms with Crippen LogP contribution in [0.3, 0.4) is 0 Å². The first-order chi connectivity index (χ1) is 8.19. The number of nitrogens with one attached hydrogen (secondary N) is 2. The van der Waals surface area contributed by atoms with Crippen molar-refractivity contribution in [3.8, 4) is 0 Å². The second-order valence-electron chi connectivity index (χ2n) is 4.69. The molecule has 0 bridgehead atoms. The molecule has 4 nitrogen and oxygen atoms in total. The zero-order chi connectivity index (χ0) is 12.3. The molecule has 0 spiro atoms. The number of hydrogen-bond donors (Lipinski definition) is 2. The summed E-state index contributed by atoms with van der Waals surface area (Å²) in [6.07, 6.45) is 2.16. The minimum Gasteiger partial charge on any atom is -0.370 e. The Bertz CT molecular complexity index is 399. The molecular weight excluding hydrogens is 214 g/mol. The highest BCUT2D eigenvalue weighted by Gasteiger charge is 2.27. The fourth-order valence-corrected chi connectivity index (χ4v) is 2.12. The van der Waals surface area contributed by atoms with Gasteiger partial charge in [0.15, 0.2) is 0 Å². The van der Waals surface area contributed by atoms with E-state index in [1.54, 1.807) is 6.07 Å². The van der Waals surface area contributed by atoms with Gasteiger partial charge in [0.25, 0.3) is 5.91 Å². The van der Waals surface area contributed by atoms with Crippen LogP contribution < -0.4 is 10.6 Å². The maximum atomic E-state index is 11.9. The number of hydrogen-bond acceptors (Lipinski definition) is 3. The van der Waals surface area contributed by atoms with Crippen LogP contribution in [0.5, 0.6) is 0 Å². The van der Waals surface area contributed by atoms with Gasteiger partial charge >= 0.3 is 0 Å². The summed E-state index contributed by atoms with van der Waals surface area (Å²) in [4.78, 5) is 16.2. The molecule has 0 radical (unpaired) electrons. The fourth-order valence-electron chi connectivity index (χ4n) is 2.12. The van der Waals surface area contributed by atoms with E-state index in [9.17, 15) is 4.79 Å². The van der Waals surface area contributed by atoms with Crippen molar-refractivity contribution in [1.29, 1.82) is 0 Å². The van der Waals surface area contributed by atoms with E-state index >= 15 is 0 Å². The summed E-state index contributed by atoms with van der Waals surface area (Å²) < 4.78 is 0. The third-order valence-corrected chi connectivity index (χ3v) is 3.05. The smallest absolute Gasteiger partial charge is 0.270 e. The van der Waals surface area contributed by atoms with Crippen molar-refractivity contribution in [2.75, 3.05) is 11.9 Å². The second kappa shape index (κ2) is 5.17. The van der Waals surface area contributed by atoms with Gasteiger partial charge in [-0.25, -0.2) is 4.98 Å². The van der Waals surface area contributed by atoms with Crippen molar-refractivity contribution in [3.63, 3.8) is 0 Å². The van der Waals surface area contributed by atoms with Crippen molar-refractivity contribution in [2.24, 2.45) is 5.92 Å². The first-order valence-corrected chi connectivity index (χ1v) is 6.21. The van der Waals surface area contributed by atoms with Gasteiger partial charge in [0.2, 0.25) is 0 Å². The maximum absolute atomic E-state index is 11.9. The van der Waals surface area contributed by atoms with E-state index in [1.807, 2.05) is 19.1 Å². The van der Waals surface area contributed by atoms with Crippen LogP contribution in [0.4, 0.5) is 5.82 Å². The Hall–Kier alpha value is -1.58. The summed E-state index contributed by atoms with van der Waals surface area (Å²) in [7, 11) is 0. The van der Waals surface area contributed by atoms with Gasteiger partial charge in [-0.3, -0.25) is 4.79 Å². The second-order valence-corrected chi connectivity index (χ2v) is 4.69. The number of nitrogens with zero attached hydrogens (tertiary/aromatic N) is 1.